The highest BCUT2D eigenvalue weighted by Crippen LogP contribution is 2.32. The van der Waals surface area contributed by atoms with Crippen molar-refractivity contribution in [3.05, 3.63) is 83.7 Å². The van der Waals surface area contributed by atoms with Crippen molar-refractivity contribution in [1.29, 1.82) is 0 Å². The van der Waals surface area contributed by atoms with Crippen LogP contribution in [0.15, 0.2) is 71.9 Å². The predicted octanol–water partition coefficient (Wildman–Crippen LogP) is 3.92. The molecule has 1 unspecified atom stereocenters. The molecule has 1 heterocycles. The molecule has 1 atom stereocenters. The number of carboxylic acid groups (broad SMARTS) is 1. The number of aromatic nitrogens is 1. The van der Waals surface area contributed by atoms with E-state index < -0.39 is 22.1 Å². The van der Waals surface area contributed by atoms with E-state index in [9.17, 15) is 18.3 Å². The second-order valence-electron chi connectivity index (χ2n) is 11.5. The van der Waals surface area contributed by atoms with Crippen molar-refractivity contribution in [2.24, 2.45) is 5.92 Å². The Kier molecular flexibility index (Phi) is 9.41. The highest BCUT2D eigenvalue weighted by molar-refractivity contribution is 7.89. The lowest BCUT2D eigenvalue weighted by Gasteiger charge is -2.31. The number of rotatable bonds is 13. The first-order valence-corrected chi connectivity index (χ1v) is 15.1. The number of nitrogens with one attached hydrogen (secondary N) is 1. The number of likely N-dealkylation sites (N-methyl/N-ethyl adjacent to an activating group) is 1. The summed E-state index contributed by atoms with van der Waals surface area (Å²) in [5.41, 5.74) is 4.94. The third-order valence-corrected chi connectivity index (χ3v) is 9.34. The van der Waals surface area contributed by atoms with Crippen LogP contribution < -0.4 is 5.32 Å². The zero-order chi connectivity index (χ0) is 28.9. The van der Waals surface area contributed by atoms with E-state index in [2.05, 4.69) is 48.4 Å². The van der Waals surface area contributed by atoms with Gasteiger partial charge in [-0.15, -0.1) is 0 Å². The molecule has 0 amide bonds. The third-order valence-electron chi connectivity index (χ3n) is 7.55. The topological polar surface area (TPSA) is 120 Å². The van der Waals surface area contributed by atoms with Gasteiger partial charge in [0, 0.05) is 50.1 Å². The van der Waals surface area contributed by atoms with Crippen LogP contribution in [0.4, 0.5) is 0 Å². The number of carbonyl (C=O) groups is 1. The van der Waals surface area contributed by atoms with Crippen molar-refractivity contribution in [2.45, 2.75) is 62.5 Å². The molecule has 0 saturated carbocycles. The van der Waals surface area contributed by atoms with Crippen LogP contribution in [0.5, 0.6) is 0 Å². The number of carboxylic acids is 1. The van der Waals surface area contributed by atoms with Gasteiger partial charge in [0.05, 0.1) is 6.10 Å². The number of hydrogen-bond donors (Lipinski definition) is 3. The Morgan fingerprint density at radius 1 is 1.07 bits per heavy atom. The van der Waals surface area contributed by atoms with Gasteiger partial charge in [-0.3, -0.25) is 9.78 Å². The number of sulfonamides is 1. The van der Waals surface area contributed by atoms with Gasteiger partial charge in [-0.2, -0.15) is 4.31 Å². The zero-order valence-electron chi connectivity index (χ0n) is 23.4. The smallest absolute Gasteiger partial charge is 0.303 e. The number of pyridine rings is 1. The molecule has 40 heavy (non-hydrogen) atoms. The average molecular weight is 566 g/mol. The molecule has 0 saturated heterocycles. The standard InChI is InChI=1S/C31H39N3O5S/c1-31(2,17-23-14-25-6-4-5-7-26(25)15-23)33-19-28(35)21-34(3)40(38,39)29-16-27(18-32-20-29)24-11-8-22(9-12-24)10-13-30(36)37/h4-9,11-12,16,18,20,23,28,33,35H,10,13-15,17,19,21H2,1-3H3,(H,36,37). The Morgan fingerprint density at radius 2 is 1.73 bits per heavy atom. The van der Waals surface area contributed by atoms with Crippen molar-refractivity contribution in [3.8, 4) is 11.1 Å². The average Bonchev–Trinajstić information content (AvgIpc) is 3.32. The quantitative estimate of drug-likeness (QED) is 0.287. The summed E-state index contributed by atoms with van der Waals surface area (Å²) < 4.78 is 27.7. The van der Waals surface area contributed by atoms with Crippen LogP contribution in [0.1, 0.15) is 43.4 Å². The second-order valence-corrected chi connectivity index (χ2v) is 13.5. The SMILES string of the molecule is CN(CC(O)CNC(C)(C)CC1Cc2ccccc2C1)S(=O)(=O)c1cncc(-c2ccc(CCC(=O)O)cc2)c1. The van der Waals surface area contributed by atoms with E-state index in [0.717, 1.165) is 34.7 Å². The number of aliphatic hydroxyl groups excluding tert-OH is 1. The molecule has 0 radical (unpaired) electrons. The molecule has 0 aliphatic heterocycles. The van der Waals surface area contributed by atoms with Gasteiger partial charge in [0.1, 0.15) is 4.90 Å². The Bertz CT molecular complexity index is 1400. The van der Waals surface area contributed by atoms with Crippen LogP contribution in [0.2, 0.25) is 0 Å². The molecule has 2 aromatic carbocycles. The number of nitrogens with zero attached hydrogens (tertiary/aromatic N) is 2. The number of aliphatic hydroxyl groups is 1. The van der Waals surface area contributed by atoms with Crippen molar-refractivity contribution in [3.63, 3.8) is 0 Å². The summed E-state index contributed by atoms with van der Waals surface area (Å²) in [5, 5.41) is 23.0. The van der Waals surface area contributed by atoms with Gasteiger partial charge in [0.2, 0.25) is 10.0 Å². The second kappa shape index (κ2) is 12.6. The lowest BCUT2D eigenvalue weighted by Crippen LogP contribution is -2.47. The van der Waals surface area contributed by atoms with Crippen LogP contribution in [0.25, 0.3) is 11.1 Å². The van der Waals surface area contributed by atoms with Crippen LogP contribution in [0, 0.1) is 5.92 Å². The maximum absolute atomic E-state index is 13.3. The molecule has 8 nitrogen and oxygen atoms in total. The number of aliphatic carboxylic acids is 1. The highest BCUT2D eigenvalue weighted by atomic mass is 32.2. The van der Waals surface area contributed by atoms with Gasteiger partial charge < -0.3 is 15.5 Å². The molecule has 214 valence electrons. The van der Waals surface area contributed by atoms with Gasteiger partial charge in [-0.05, 0) is 73.8 Å². The van der Waals surface area contributed by atoms with Crippen LogP contribution in [-0.4, -0.2) is 65.7 Å². The van der Waals surface area contributed by atoms with Crippen molar-refractivity contribution in [2.75, 3.05) is 20.1 Å². The van der Waals surface area contributed by atoms with Crippen LogP contribution in [0.3, 0.4) is 0 Å². The first kappa shape index (κ1) is 29.9. The van der Waals surface area contributed by atoms with Crippen molar-refractivity contribution < 1.29 is 23.4 Å². The minimum Gasteiger partial charge on any atom is -0.481 e. The fourth-order valence-electron chi connectivity index (χ4n) is 5.45. The zero-order valence-corrected chi connectivity index (χ0v) is 24.2. The normalized spacial score (nSPS) is 14.8. The van der Waals surface area contributed by atoms with Crippen LogP contribution >= 0.6 is 0 Å². The van der Waals surface area contributed by atoms with E-state index in [1.165, 1.54) is 24.4 Å². The molecule has 1 aromatic heterocycles. The Labute approximate surface area is 237 Å². The van der Waals surface area contributed by atoms with Gasteiger partial charge in [-0.25, -0.2) is 8.42 Å². The Balaban J connectivity index is 1.32. The largest absolute Gasteiger partial charge is 0.481 e. The van der Waals surface area contributed by atoms with E-state index in [1.54, 1.807) is 12.3 Å². The lowest BCUT2D eigenvalue weighted by molar-refractivity contribution is -0.136. The highest BCUT2D eigenvalue weighted by Gasteiger charge is 2.29. The summed E-state index contributed by atoms with van der Waals surface area (Å²) >= 11 is 0. The predicted molar refractivity (Wildman–Crippen MR) is 155 cm³/mol. The summed E-state index contributed by atoms with van der Waals surface area (Å²) in [6.45, 7) is 4.47. The Hall–Kier alpha value is -3.11. The number of hydrogen-bond acceptors (Lipinski definition) is 6. The minimum absolute atomic E-state index is 0.0451. The fraction of sp³-hybridized carbons (Fsp3) is 0.419. The molecule has 3 N–H and O–H groups in total. The molecule has 4 rings (SSSR count). The van der Waals surface area contributed by atoms with E-state index in [0.29, 0.717) is 17.9 Å². The van der Waals surface area contributed by atoms with Crippen molar-refractivity contribution >= 4 is 16.0 Å². The summed E-state index contributed by atoms with van der Waals surface area (Å²) in [6.07, 6.45) is 5.58. The number of aryl methyl sites for hydroxylation is 1. The third kappa shape index (κ3) is 7.75. The van der Waals surface area contributed by atoms with E-state index in [1.807, 2.05) is 24.3 Å². The summed E-state index contributed by atoms with van der Waals surface area (Å²) in [6, 6.07) is 17.5. The number of benzene rings is 2. The minimum atomic E-state index is -3.88. The molecule has 9 heteroatoms. The monoisotopic (exact) mass is 565 g/mol. The number of fused-ring (bicyclic) bond motifs is 1. The molecule has 0 bridgehead atoms. The van der Waals surface area contributed by atoms with Crippen molar-refractivity contribution in [1.82, 2.24) is 14.6 Å². The molecular weight excluding hydrogens is 526 g/mol. The summed E-state index contributed by atoms with van der Waals surface area (Å²) in [7, 11) is -2.41. The van der Waals surface area contributed by atoms with Gasteiger partial charge in [-0.1, -0.05) is 48.5 Å². The molecule has 0 spiro atoms. The van der Waals surface area contributed by atoms with Gasteiger partial charge in [0.15, 0.2) is 0 Å². The summed E-state index contributed by atoms with van der Waals surface area (Å²) in [4.78, 5) is 15.0. The summed E-state index contributed by atoms with van der Waals surface area (Å²) in [5.74, 6) is -0.309. The maximum Gasteiger partial charge on any atom is 0.303 e. The number of β-amino-alcohol motifs (C(OH)–C–C–N with tert-alkyl or cyclic N) is 1. The first-order valence-electron chi connectivity index (χ1n) is 13.7. The molecule has 3 aromatic rings. The van der Waals surface area contributed by atoms with Gasteiger partial charge in [0.25, 0.3) is 0 Å². The molecule has 1 aliphatic rings. The van der Waals surface area contributed by atoms with E-state index in [-0.39, 0.29) is 29.9 Å². The van der Waals surface area contributed by atoms with Gasteiger partial charge >= 0.3 is 5.97 Å². The lowest BCUT2D eigenvalue weighted by atomic mass is 9.88. The van der Waals surface area contributed by atoms with E-state index in [4.69, 9.17) is 5.11 Å². The molecule has 1 aliphatic carbocycles. The Morgan fingerprint density at radius 3 is 2.35 bits per heavy atom. The maximum atomic E-state index is 13.3. The molecular formula is C31H39N3O5S. The fourth-order valence-corrected chi connectivity index (χ4v) is 6.65. The first-order chi connectivity index (χ1) is 18.9. The van der Waals surface area contributed by atoms with Crippen LogP contribution in [-0.2, 0) is 34.1 Å². The molecule has 0 fully saturated rings. The van der Waals surface area contributed by atoms with E-state index >= 15 is 0 Å².